The van der Waals surface area contributed by atoms with Crippen molar-refractivity contribution in [3.63, 3.8) is 0 Å². The Morgan fingerprint density at radius 1 is 1.31 bits per heavy atom. The van der Waals surface area contributed by atoms with E-state index in [0.717, 1.165) is 0 Å². The summed E-state index contributed by atoms with van der Waals surface area (Å²) >= 11 is 0. The minimum Gasteiger partial charge on any atom is -0.258 e. The van der Waals surface area contributed by atoms with Crippen molar-refractivity contribution in [2.75, 3.05) is 0 Å². The van der Waals surface area contributed by atoms with Crippen LogP contribution in [-0.4, -0.2) is 4.92 Å². The van der Waals surface area contributed by atoms with E-state index in [4.69, 9.17) is 5.26 Å². The smallest absolute Gasteiger partial charge is 0.258 e. The largest absolute Gasteiger partial charge is 0.269 e. The third-order valence-corrected chi connectivity index (χ3v) is 1.34. The van der Waals surface area contributed by atoms with E-state index in [9.17, 15) is 10.1 Å². The fraction of sp³-hybridized carbons (Fsp3) is 0. The summed E-state index contributed by atoms with van der Waals surface area (Å²) < 4.78 is 0. The minimum absolute atomic E-state index is 0.0162. The maximum atomic E-state index is 10.2. The summed E-state index contributed by atoms with van der Waals surface area (Å²) in [5.74, 6) is 4.73. The summed E-state index contributed by atoms with van der Waals surface area (Å²) in [6.07, 6.45) is 0. The van der Waals surface area contributed by atoms with Gasteiger partial charge in [0.25, 0.3) is 5.69 Å². The molecule has 0 N–H and O–H groups in total. The zero-order chi connectivity index (χ0) is 9.68. The van der Waals surface area contributed by atoms with Gasteiger partial charge in [-0.25, -0.2) is 0 Å². The van der Waals surface area contributed by atoms with Crippen molar-refractivity contribution < 1.29 is 4.92 Å². The second-order valence-corrected chi connectivity index (χ2v) is 2.17. The molecule has 0 atom stereocenters. The molecule has 0 amide bonds. The van der Waals surface area contributed by atoms with Crippen LogP contribution >= 0.6 is 0 Å². The number of rotatable bonds is 1. The highest BCUT2D eigenvalue weighted by Gasteiger charge is 2.01. The van der Waals surface area contributed by atoms with Gasteiger partial charge in [0, 0.05) is 23.6 Å². The highest BCUT2D eigenvalue weighted by Crippen LogP contribution is 2.10. The topological polar surface area (TPSA) is 66.9 Å². The number of nitriles is 1. The molecule has 0 aromatic heterocycles. The molecule has 1 rings (SSSR count). The molecule has 0 radical (unpaired) electrons. The molecule has 0 heterocycles. The predicted molar refractivity (Wildman–Crippen MR) is 45.6 cm³/mol. The van der Waals surface area contributed by atoms with Gasteiger partial charge in [0.05, 0.1) is 4.92 Å². The fourth-order valence-electron chi connectivity index (χ4n) is 0.767. The van der Waals surface area contributed by atoms with E-state index >= 15 is 0 Å². The van der Waals surface area contributed by atoms with Crippen LogP contribution in [0.2, 0.25) is 0 Å². The van der Waals surface area contributed by atoms with Gasteiger partial charge in [0.2, 0.25) is 0 Å². The summed E-state index contributed by atoms with van der Waals surface area (Å²) in [7, 11) is 0. The molecule has 62 valence electrons. The summed E-state index contributed by atoms with van der Waals surface area (Å²) in [6, 6.07) is 7.36. The number of nitrogens with zero attached hydrogens (tertiary/aromatic N) is 2. The first kappa shape index (κ1) is 8.76. The van der Waals surface area contributed by atoms with Gasteiger partial charge in [0.15, 0.2) is 6.07 Å². The van der Waals surface area contributed by atoms with Crippen molar-refractivity contribution in [1.29, 1.82) is 5.26 Å². The molecular weight excluding hydrogens is 168 g/mol. The molecule has 4 heteroatoms. The average molecular weight is 172 g/mol. The van der Waals surface area contributed by atoms with Gasteiger partial charge in [-0.1, -0.05) is 5.92 Å². The Labute approximate surface area is 74.6 Å². The Morgan fingerprint density at radius 2 is 1.92 bits per heavy atom. The van der Waals surface area contributed by atoms with Crippen LogP contribution in [0.1, 0.15) is 5.56 Å². The minimum atomic E-state index is -0.485. The maximum absolute atomic E-state index is 10.2. The molecule has 4 nitrogen and oxygen atoms in total. The Hall–Kier alpha value is -2.33. The first-order chi connectivity index (χ1) is 6.24. The van der Waals surface area contributed by atoms with Gasteiger partial charge >= 0.3 is 0 Å². The molecule has 0 saturated heterocycles. The maximum Gasteiger partial charge on any atom is 0.269 e. The predicted octanol–water partition coefficient (Wildman–Crippen LogP) is 1.47. The lowest BCUT2D eigenvalue weighted by molar-refractivity contribution is -0.384. The van der Waals surface area contributed by atoms with E-state index in [2.05, 4.69) is 11.8 Å². The molecule has 0 bridgehead atoms. The van der Waals surface area contributed by atoms with Crippen LogP contribution in [-0.2, 0) is 0 Å². The van der Waals surface area contributed by atoms with Crippen molar-refractivity contribution in [2.45, 2.75) is 0 Å². The molecule has 0 aliphatic heterocycles. The Kier molecular flexibility index (Phi) is 2.62. The zero-order valence-electron chi connectivity index (χ0n) is 6.52. The van der Waals surface area contributed by atoms with Crippen molar-refractivity contribution in [3.8, 4) is 17.9 Å². The molecule has 1 aromatic carbocycles. The summed E-state index contributed by atoms with van der Waals surface area (Å²) in [5, 5.41) is 18.4. The molecule has 0 unspecified atom stereocenters. The third kappa shape index (κ3) is 2.32. The molecule has 0 saturated carbocycles. The number of hydrogen-bond donors (Lipinski definition) is 0. The summed E-state index contributed by atoms with van der Waals surface area (Å²) in [6.45, 7) is 0. The quantitative estimate of drug-likeness (QED) is 0.366. The van der Waals surface area contributed by atoms with E-state index in [0.29, 0.717) is 5.56 Å². The lowest BCUT2D eigenvalue weighted by Crippen LogP contribution is -1.86. The monoisotopic (exact) mass is 172 g/mol. The summed E-state index contributed by atoms with van der Waals surface area (Å²) in [5.41, 5.74) is 0.606. The van der Waals surface area contributed by atoms with Crippen LogP contribution in [0.15, 0.2) is 24.3 Å². The van der Waals surface area contributed by atoms with Crippen molar-refractivity contribution in [3.05, 3.63) is 39.9 Å². The van der Waals surface area contributed by atoms with Crippen molar-refractivity contribution in [1.82, 2.24) is 0 Å². The number of non-ortho nitro benzene ring substituents is 1. The number of nitro groups is 1. The van der Waals surface area contributed by atoms with Gasteiger partial charge in [-0.3, -0.25) is 10.1 Å². The number of benzene rings is 1. The highest BCUT2D eigenvalue weighted by atomic mass is 16.6. The van der Waals surface area contributed by atoms with Crippen LogP contribution < -0.4 is 0 Å². The second kappa shape index (κ2) is 3.89. The molecular formula is C9H4N2O2. The standard InChI is InChI=1S/C9H4N2O2/c10-7-1-2-8-3-5-9(6-4-8)11(12)13/h3-6H. The van der Waals surface area contributed by atoms with Gasteiger partial charge < -0.3 is 0 Å². The molecule has 0 fully saturated rings. The Bertz CT molecular complexity index is 418. The fourth-order valence-corrected chi connectivity index (χ4v) is 0.767. The first-order valence-electron chi connectivity index (χ1n) is 3.38. The van der Waals surface area contributed by atoms with Crippen molar-refractivity contribution in [2.24, 2.45) is 0 Å². The summed E-state index contributed by atoms with van der Waals surface area (Å²) in [4.78, 5) is 9.76. The van der Waals surface area contributed by atoms with E-state index in [1.807, 2.05) is 0 Å². The van der Waals surface area contributed by atoms with Gasteiger partial charge in [-0.2, -0.15) is 5.26 Å². The Balaban J connectivity index is 2.95. The van der Waals surface area contributed by atoms with E-state index in [-0.39, 0.29) is 5.69 Å². The number of nitro benzene ring substituents is 1. The molecule has 0 spiro atoms. The molecule has 0 aliphatic rings. The molecule has 0 aliphatic carbocycles. The van der Waals surface area contributed by atoms with Crippen LogP contribution in [0.3, 0.4) is 0 Å². The second-order valence-electron chi connectivity index (χ2n) is 2.17. The van der Waals surface area contributed by atoms with Crippen LogP contribution in [0.25, 0.3) is 0 Å². The van der Waals surface area contributed by atoms with Crippen LogP contribution in [0.4, 0.5) is 5.69 Å². The SMILES string of the molecule is N#CC#Cc1ccc([N+](=O)[O-])cc1. The molecule has 13 heavy (non-hydrogen) atoms. The van der Waals surface area contributed by atoms with E-state index < -0.39 is 4.92 Å². The van der Waals surface area contributed by atoms with Gasteiger partial charge in [-0.05, 0) is 12.1 Å². The lowest BCUT2D eigenvalue weighted by atomic mass is 10.2. The lowest BCUT2D eigenvalue weighted by Gasteiger charge is -1.89. The third-order valence-electron chi connectivity index (χ3n) is 1.34. The van der Waals surface area contributed by atoms with Gasteiger partial charge in [0.1, 0.15) is 0 Å². The highest BCUT2D eigenvalue weighted by molar-refractivity contribution is 5.42. The normalized spacial score (nSPS) is 7.92. The molecule has 1 aromatic rings. The van der Waals surface area contributed by atoms with E-state index in [1.54, 1.807) is 6.07 Å². The average Bonchev–Trinajstić information content (AvgIpc) is 2.15. The van der Waals surface area contributed by atoms with Crippen LogP contribution in [0.5, 0.6) is 0 Å². The number of hydrogen-bond acceptors (Lipinski definition) is 3. The van der Waals surface area contributed by atoms with Crippen molar-refractivity contribution >= 4 is 5.69 Å². The first-order valence-corrected chi connectivity index (χ1v) is 3.38. The van der Waals surface area contributed by atoms with Crippen LogP contribution in [0, 0.1) is 33.3 Å². The Morgan fingerprint density at radius 3 is 2.38 bits per heavy atom. The zero-order valence-corrected chi connectivity index (χ0v) is 6.52. The van der Waals surface area contributed by atoms with Gasteiger partial charge in [-0.15, -0.1) is 0 Å². The van der Waals surface area contributed by atoms with E-state index in [1.165, 1.54) is 24.3 Å².